The molecule has 0 spiro atoms. The lowest BCUT2D eigenvalue weighted by atomic mass is 10.1. The quantitative estimate of drug-likeness (QED) is 0.0973. The van der Waals surface area contributed by atoms with E-state index in [1.807, 2.05) is 104 Å². The SMILES string of the molecule is Cc1ccc(NC(=O)CSc2ccc(NC(=O)/C(=C/c3ccc(OCc4ccccc4)cc3)NC(=O)c3ccccc3)cc2)cc1. The fourth-order valence-corrected chi connectivity index (χ4v) is 5.02. The van der Waals surface area contributed by atoms with Crippen LogP contribution in [0.2, 0.25) is 0 Å². The van der Waals surface area contributed by atoms with Gasteiger partial charge < -0.3 is 20.7 Å². The monoisotopic (exact) mass is 627 g/mol. The normalized spacial score (nSPS) is 10.9. The minimum absolute atomic E-state index is 0.0815. The summed E-state index contributed by atoms with van der Waals surface area (Å²) in [6, 6.07) is 40.7. The molecular weight excluding hydrogens is 595 g/mol. The number of hydrogen-bond donors (Lipinski definition) is 3. The smallest absolute Gasteiger partial charge is 0.272 e. The molecule has 0 aliphatic rings. The van der Waals surface area contributed by atoms with Gasteiger partial charge in [0.2, 0.25) is 5.91 Å². The third-order valence-electron chi connectivity index (χ3n) is 6.79. The van der Waals surface area contributed by atoms with Crippen molar-refractivity contribution < 1.29 is 19.1 Å². The predicted octanol–water partition coefficient (Wildman–Crippen LogP) is 7.71. The van der Waals surface area contributed by atoms with Crippen LogP contribution in [0.25, 0.3) is 6.08 Å². The molecule has 7 nitrogen and oxygen atoms in total. The molecule has 5 rings (SSSR count). The molecule has 0 unspecified atom stereocenters. The molecule has 0 aromatic heterocycles. The lowest BCUT2D eigenvalue weighted by molar-refractivity contribution is -0.114. The van der Waals surface area contributed by atoms with Crippen molar-refractivity contribution in [3.63, 3.8) is 0 Å². The van der Waals surface area contributed by atoms with Gasteiger partial charge in [-0.3, -0.25) is 14.4 Å². The summed E-state index contributed by atoms with van der Waals surface area (Å²) in [7, 11) is 0. The van der Waals surface area contributed by atoms with Gasteiger partial charge in [0, 0.05) is 21.8 Å². The Kier molecular flexibility index (Phi) is 11.0. The van der Waals surface area contributed by atoms with Gasteiger partial charge in [0.25, 0.3) is 11.8 Å². The van der Waals surface area contributed by atoms with Crippen LogP contribution in [0.5, 0.6) is 5.75 Å². The van der Waals surface area contributed by atoms with Gasteiger partial charge in [-0.2, -0.15) is 0 Å². The van der Waals surface area contributed by atoms with Gasteiger partial charge in [-0.05, 0) is 84.8 Å². The number of anilines is 2. The van der Waals surface area contributed by atoms with E-state index in [9.17, 15) is 14.4 Å². The van der Waals surface area contributed by atoms with Crippen molar-refractivity contribution >= 4 is 46.9 Å². The zero-order valence-electron chi connectivity index (χ0n) is 25.2. The van der Waals surface area contributed by atoms with Crippen molar-refractivity contribution in [1.82, 2.24) is 5.32 Å². The molecule has 0 aliphatic heterocycles. The molecule has 0 bridgehead atoms. The van der Waals surface area contributed by atoms with Crippen molar-refractivity contribution in [3.8, 4) is 5.75 Å². The van der Waals surface area contributed by atoms with Crippen LogP contribution in [0.3, 0.4) is 0 Å². The fraction of sp³-hybridized carbons (Fsp3) is 0.0789. The van der Waals surface area contributed by atoms with Gasteiger partial charge in [0.1, 0.15) is 18.1 Å². The van der Waals surface area contributed by atoms with E-state index < -0.39 is 11.8 Å². The van der Waals surface area contributed by atoms with Crippen LogP contribution in [0.4, 0.5) is 11.4 Å². The lowest BCUT2D eigenvalue weighted by Gasteiger charge is -2.12. The van der Waals surface area contributed by atoms with Gasteiger partial charge in [0.05, 0.1) is 5.75 Å². The van der Waals surface area contributed by atoms with E-state index in [-0.39, 0.29) is 17.4 Å². The summed E-state index contributed by atoms with van der Waals surface area (Å²) in [5.74, 6) is -0.0578. The van der Waals surface area contributed by atoms with E-state index in [0.717, 1.165) is 21.7 Å². The standard InChI is InChI=1S/C38H33N3O4S/c1-27-12-16-31(17-13-27)39-36(42)26-46-34-22-18-32(19-23-34)40-38(44)35(41-37(43)30-10-6-3-7-11-30)24-28-14-20-33(21-15-28)45-25-29-8-4-2-5-9-29/h2-24H,25-26H2,1H3,(H,39,42)(H,40,44)(H,41,43)/b35-24-. The van der Waals surface area contributed by atoms with Crippen molar-refractivity contribution in [3.05, 3.63) is 161 Å². The first-order valence-electron chi connectivity index (χ1n) is 14.7. The predicted molar refractivity (Wildman–Crippen MR) is 185 cm³/mol. The van der Waals surface area contributed by atoms with E-state index in [0.29, 0.717) is 29.2 Å². The zero-order chi connectivity index (χ0) is 32.1. The number of carbonyl (C=O) groups excluding carboxylic acids is 3. The van der Waals surface area contributed by atoms with Crippen molar-refractivity contribution in [2.75, 3.05) is 16.4 Å². The first-order valence-corrected chi connectivity index (χ1v) is 15.7. The first-order chi connectivity index (χ1) is 22.4. The Balaban J connectivity index is 1.23. The van der Waals surface area contributed by atoms with Gasteiger partial charge >= 0.3 is 0 Å². The number of ether oxygens (including phenoxy) is 1. The van der Waals surface area contributed by atoms with E-state index in [1.54, 1.807) is 42.5 Å². The molecule has 0 radical (unpaired) electrons. The first kappa shape index (κ1) is 31.8. The van der Waals surface area contributed by atoms with E-state index in [1.165, 1.54) is 11.8 Å². The second-order valence-corrected chi connectivity index (χ2v) is 11.5. The van der Waals surface area contributed by atoms with Crippen LogP contribution in [0.15, 0.2) is 144 Å². The third kappa shape index (κ3) is 9.70. The molecule has 5 aromatic rings. The van der Waals surface area contributed by atoms with Crippen molar-refractivity contribution in [2.24, 2.45) is 0 Å². The molecule has 0 fully saturated rings. The second kappa shape index (κ2) is 15.9. The summed E-state index contributed by atoms with van der Waals surface area (Å²) in [4.78, 5) is 39.7. The molecule has 0 saturated carbocycles. The lowest BCUT2D eigenvalue weighted by Crippen LogP contribution is -2.30. The Bertz CT molecular complexity index is 1790. The molecule has 230 valence electrons. The fourth-order valence-electron chi connectivity index (χ4n) is 4.33. The molecular formula is C38H33N3O4S. The highest BCUT2D eigenvalue weighted by atomic mass is 32.2. The Hall–Kier alpha value is -5.60. The van der Waals surface area contributed by atoms with Gasteiger partial charge in [-0.1, -0.05) is 78.4 Å². The van der Waals surface area contributed by atoms with E-state index in [4.69, 9.17) is 4.74 Å². The summed E-state index contributed by atoms with van der Waals surface area (Å²) in [6.45, 7) is 2.43. The summed E-state index contributed by atoms with van der Waals surface area (Å²) in [5.41, 5.74) is 4.70. The van der Waals surface area contributed by atoms with Crippen LogP contribution in [-0.4, -0.2) is 23.5 Å². The Morgan fingerprint density at radius 1 is 0.696 bits per heavy atom. The molecule has 0 atom stereocenters. The number of benzene rings is 5. The Morgan fingerprint density at radius 2 is 1.30 bits per heavy atom. The van der Waals surface area contributed by atoms with E-state index in [2.05, 4.69) is 16.0 Å². The molecule has 5 aromatic carbocycles. The summed E-state index contributed by atoms with van der Waals surface area (Å²) in [5, 5.41) is 8.51. The largest absolute Gasteiger partial charge is 0.489 e. The number of hydrogen-bond acceptors (Lipinski definition) is 5. The van der Waals surface area contributed by atoms with Crippen LogP contribution < -0.4 is 20.7 Å². The molecule has 0 aliphatic carbocycles. The maximum atomic E-state index is 13.4. The average molecular weight is 628 g/mol. The number of amides is 3. The van der Waals surface area contributed by atoms with Crippen LogP contribution in [0, 0.1) is 6.92 Å². The number of aryl methyl sites for hydroxylation is 1. The average Bonchev–Trinajstić information content (AvgIpc) is 3.09. The number of thioether (sulfide) groups is 1. The summed E-state index contributed by atoms with van der Waals surface area (Å²) >= 11 is 1.39. The number of carbonyl (C=O) groups is 3. The van der Waals surface area contributed by atoms with Crippen LogP contribution >= 0.6 is 11.8 Å². The van der Waals surface area contributed by atoms with Crippen LogP contribution in [-0.2, 0) is 16.2 Å². The molecule has 3 N–H and O–H groups in total. The minimum Gasteiger partial charge on any atom is -0.489 e. The Labute approximate surface area is 272 Å². The maximum absolute atomic E-state index is 13.4. The molecule has 0 saturated heterocycles. The summed E-state index contributed by atoms with van der Waals surface area (Å²) in [6.07, 6.45) is 1.62. The highest BCUT2D eigenvalue weighted by Crippen LogP contribution is 2.22. The highest BCUT2D eigenvalue weighted by molar-refractivity contribution is 8.00. The maximum Gasteiger partial charge on any atom is 0.272 e. The van der Waals surface area contributed by atoms with Gasteiger partial charge in [-0.15, -0.1) is 11.8 Å². The molecule has 8 heteroatoms. The topological polar surface area (TPSA) is 96.5 Å². The highest BCUT2D eigenvalue weighted by Gasteiger charge is 2.15. The van der Waals surface area contributed by atoms with Crippen molar-refractivity contribution in [2.45, 2.75) is 18.4 Å². The number of rotatable bonds is 12. The van der Waals surface area contributed by atoms with Gasteiger partial charge in [0.15, 0.2) is 0 Å². The van der Waals surface area contributed by atoms with Crippen molar-refractivity contribution in [1.29, 1.82) is 0 Å². The van der Waals surface area contributed by atoms with Crippen LogP contribution in [0.1, 0.15) is 27.0 Å². The minimum atomic E-state index is -0.480. The second-order valence-electron chi connectivity index (χ2n) is 10.4. The van der Waals surface area contributed by atoms with Gasteiger partial charge in [-0.25, -0.2) is 0 Å². The molecule has 0 heterocycles. The molecule has 3 amide bonds. The molecule has 46 heavy (non-hydrogen) atoms. The Morgan fingerprint density at radius 3 is 1.98 bits per heavy atom. The number of nitrogens with one attached hydrogen (secondary N) is 3. The summed E-state index contributed by atoms with van der Waals surface area (Å²) < 4.78 is 5.88. The zero-order valence-corrected chi connectivity index (χ0v) is 26.1. The van der Waals surface area contributed by atoms with E-state index >= 15 is 0 Å². The third-order valence-corrected chi connectivity index (χ3v) is 7.80.